The molecule has 1 aromatic rings. The summed E-state index contributed by atoms with van der Waals surface area (Å²) in [6.07, 6.45) is 0.119. The summed E-state index contributed by atoms with van der Waals surface area (Å²) in [5.41, 5.74) is 0.412. The van der Waals surface area contributed by atoms with Crippen LogP contribution >= 0.6 is 23.1 Å². The summed E-state index contributed by atoms with van der Waals surface area (Å²) >= 11 is 2.50. The minimum atomic E-state index is -4.09. The molecule has 3 aliphatic rings. The Morgan fingerprint density at radius 2 is 1.87 bits per heavy atom. The molecule has 0 atom stereocenters. The van der Waals surface area contributed by atoms with Gasteiger partial charge in [0, 0.05) is 23.7 Å². The first-order chi connectivity index (χ1) is 18.1. The number of carbonyl (C=O) groups is 2. The number of rotatable bonds is 9. The summed E-state index contributed by atoms with van der Waals surface area (Å²) in [7, 11) is -4.09. The van der Waals surface area contributed by atoms with Gasteiger partial charge in [-0.3, -0.25) is 14.3 Å². The van der Waals surface area contributed by atoms with Crippen molar-refractivity contribution < 1.29 is 27.5 Å². The highest BCUT2D eigenvalue weighted by atomic mass is 32.2. The van der Waals surface area contributed by atoms with Crippen LogP contribution in [0.1, 0.15) is 34.3 Å². The molecule has 14 heteroatoms. The van der Waals surface area contributed by atoms with Crippen molar-refractivity contribution in [2.45, 2.75) is 36.3 Å². The molecule has 3 heterocycles. The van der Waals surface area contributed by atoms with E-state index in [1.54, 1.807) is 30.9 Å². The number of nitrogens with one attached hydrogen (secondary N) is 1. The Morgan fingerprint density at radius 3 is 2.53 bits per heavy atom. The van der Waals surface area contributed by atoms with Gasteiger partial charge in [0.1, 0.15) is 11.4 Å². The van der Waals surface area contributed by atoms with E-state index in [4.69, 9.17) is 9.47 Å². The van der Waals surface area contributed by atoms with Gasteiger partial charge in [-0.2, -0.15) is 4.98 Å². The van der Waals surface area contributed by atoms with Crippen molar-refractivity contribution in [1.82, 2.24) is 14.5 Å². The fourth-order valence-corrected chi connectivity index (χ4v) is 7.37. The number of imidazole rings is 1. The van der Waals surface area contributed by atoms with Crippen molar-refractivity contribution in [2.24, 2.45) is 0 Å². The third-order valence-corrected chi connectivity index (χ3v) is 9.45. The topological polar surface area (TPSA) is 137 Å². The van der Waals surface area contributed by atoms with Crippen LogP contribution in [0.25, 0.3) is 5.69 Å². The number of sulfonamides is 1. The zero-order chi connectivity index (χ0) is 27.4. The van der Waals surface area contributed by atoms with Crippen LogP contribution in [0.15, 0.2) is 38.2 Å². The molecular formula is C24H28N4O7S3. The van der Waals surface area contributed by atoms with E-state index < -0.39 is 15.7 Å². The fourth-order valence-electron chi connectivity index (χ4n) is 3.88. The number of nitrogens with zero attached hydrogens (tertiary/aromatic N) is 3. The first kappa shape index (κ1) is 28.1. The molecule has 3 aliphatic heterocycles. The monoisotopic (exact) mass is 580 g/mol. The number of ether oxygens (including phenoxy) is 2. The number of benzene rings is 1. The second-order valence-electron chi connectivity index (χ2n) is 8.45. The van der Waals surface area contributed by atoms with Gasteiger partial charge in [-0.05, 0) is 32.9 Å². The van der Waals surface area contributed by atoms with Gasteiger partial charge in [0.05, 0.1) is 35.3 Å². The van der Waals surface area contributed by atoms with E-state index in [2.05, 4.69) is 9.71 Å². The molecule has 0 saturated carbocycles. The van der Waals surface area contributed by atoms with Gasteiger partial charge in [0.15, 0.2) is 5.82 Å². The van der Waals surface area contributed by atoms with Gasteiger partial charge in [-0.25, -0.2) is 17.8 Å². The largest absolute Gasteiger partial charge is 0.466 e. The second-order valence-corrected chi connectivity index (χ2v) is 12.7. The van der Waals surface area contributed by atoms with Crippen molar-refractivity contribution in [1.29, 1.82) is 0 Å². The number of thioether (sulfide) groups is 1. The summed E-state index contributed by atoms with van der Waals surface area (Å²) in [5.74, 6) is -0.584. The number of fused-ring (bicyclic) bond motifs is 1. The number of amides is 1. The minimum Gasteiger partial charge on any atom is -0.466 e. The Labute approximate surface area is 228 Å². The summed E-state index contributed by atoms with van der Waals surface area (Å²) in [6.45, 7) is 7.06. The number of aryl methyl sites for hydroxylation is 2. The zero-order valence-electron chi connectivity index (χ0n) is 21.2. The highest BCUT2D eigenvalue weighted by Gasteiger charge is 2.32. The van der Waals surface area contributed by atoms with Crippen LogP contribution < -0.4 is 10.4 Å². The lowest BCUT2D eigenvalue weighted by Gasteiger charge is -2.28. The molecule has 1 saturated heterocycles. The molecule has 204 valence electrons. The van der Waals surface area contributed by atoms with Crippen molar-refractivity contribution >= 4 is 50.8 Å². The lowest BCUT2D eigenvalue weighted by atomic mass is 10.2. The van der Waals surface area contributed by atoms with Gasteiger partial charge >= 0.3 is 11.7 Å². The maximum Gasteiger partial charge on any atom is 0.355 e. The standard InChI is InChI=1S/C24H28N4O7S3/c1-4-35-18(29)9-14-36-23-20-21(26-38(32,33)17-7-5-15(2)6-8-17)25-24(31)28(20)19(16(3)37-23)22(30)27-10-12-34-13-11-27/h5-8H,4,9-14H2,1-3H3,(H,25,26,31). The van der Waals surface area contributed by atoms with Crippen LogP contribution in [-0.4, -0.2) is 73.4 Å². The predicted molar refractivity (Wildman–Crippen MR) is 144 cm³/mol. The predicted octanol–water partition coefficient (Wildman–Crippen LogP) is 2.67. The van der Waals surface area contributed by atoms with Gasteiger partial charge in [0.25, 0.3) is 15.9 Å². The van der Waals surface area contributed by atoms with Crippen LogP contribution in [0.2, 0.25) is 0 Å². The van der Waals surface area contributed by atoms with E-state index in [1.165, 1.54) is 39.8 Å². The third-order valence-electron chi connectivity index (χ3n) is 5.75. The molecule has 0 radical (unpaired) electrons. The minimum absolute atomic E-state index is 0.00798. The number of esters is 1. The van der Waals surface area contributed by atoms with E-state index in [1.807, 2.05) is 6.92 Å². The molecule has 1 fully saturated rings. The Hall–Kier alpha value is -2.94. The highest BCUT2D eigenvalue weighted by molar-refractivity contribution is 8.01. The van der Waals surface area contributed by atoms with Crippen LogP contribution in [0.4, 0.5) is 5.82 Å². The molecule has 4 rings (SSSR count). The molecule has 1 N–H and O–H groups in total. The Bertz CT molecular complexity index is 1460. The van der Waals surface area contributed by atoms with E-state index >= 15 is 0 Å². The van der Waals surface area contributed by atoms with Crippen LogP contribution in [-0.2, 0) is 24.3 Å². The number of carbonyl (C=O) groups excluding carboxylic acids is 2. The van der Waals surface area contributed by atoms with Crippen molar-refractivity contribution in [2.75, 3.05) is 43.4 Å². The molecular weight excluding hydrogens is 552 g/mol. The van der Waals surface area contributed by atoms with E-state index in [0.29, 0.717) is 41.1 Å². The van der Waals surface area contributed by atoms with Gasteiger partial charge in [0.2, 0.25) is 0 Å². The molecule has 11 nitrogen and oxygen atoms in total. The molecule has 38 heavy (non-hydrogen) atoms. The number of hydrogen-bond donors (Lipinski definition) is 1. The number of aromatic nitrogens is 2. The molecule has 1 amide bonds. The SMILES string of the molecule is CCOC(=O)CCSc1sc(C)c(C(=O)N2CCOCC2)n2c(=O)nc(NS(=O)(=O)c3ccc(C)cc3)c1-2. The zero-order valence-corrected chi connectivity index (χ0v) is 23.6. The maximum absolute atomic E-state index is 13.5. The number of morpholine rings is 1. The lowest BCUT2D eigenvalue weighted by Crippen LogP contribution is -2.42. The maximum atomic E-state index is 13.5. The third kappa shape index (κ3) is 6.03. The van der Waals surface area contributed by atoms with Crippen molar-refractivity contribution in [3.63, 3.8) is 0 Å². The quantitative estimate of drug-likeness (QED) is 0.299. The summed E-state index contributed by atoms with van der Waals surface area (Å²) in [5, 5.41) is 0. The molecule has 1 aromatic carbocycles. The van der Waals surface area contributed by atoms with Crippen LogP contribution in [0, 0.1) is 13.8 Å². The Balaban J connectivity index is 1.78. The fraction of sp³-hybridized carbons (Fsp3) is 0.417. The van der Waals surface area contributed by atoms with Crippen molar-refractivity contribution in [3.05, 3.63) is 50.9 Å². The Morgan fingerprint density at radius 1 is 1.18 bits per heavy atom. The van der Waals surface area contributed by atoms with Crippen LogP contribution in [0.5, 0.6) is 0 Å². The smallest absolute Gasteiger partial charge is 0.355 e. The Kier molecular flexibility index (Phi) is 8.75. The van der Waals surface area contributed by atoms with Gasteiger partial charge in [-0.15, -0.1) is 23.1 Å². The van der Waals surface area contributed by atoms with Crippen LogP contribution in [0.3, 0.4) is 0 Å². The van der Waals surface area contributed by atoms with Crippen molar-refractivity contribution in [3.8, 4) is 5.69 Å². The second kappa shape index (κ2) is 11.8. The molecule has 0 spiro atoms. The molecule has 0 unspecified atom stereocenters. The van der Waals surface area contributed by atoms with E-state index in [0.717, 1.165) is 5.56 Å². The normalized spacial score (nSPS) is 14.0. The number of hydrogen-bond acceptors (Lipinski definition) is 10. The average molecular weight is 581 g/mol. The molecule has 0 bridgehead atoms. The first-order valence-electron chi connectivity index (χ1n) is 11.9. The summed E-state index contributed by atoms with van der Waals surface area (Å²) < 4.78 is 40.8. The highest BCUT2D eigenvalue weighted by Crippen LogP contribution is 2.39. The summed E-state index contributed by atoms with van der Waals surface area (Å²) in [4.78, 5) is 44.7. The number of anilines is 1. The van der Waals surface area contributed by atoms with E-state index in [9.17, 15) is 22.8 Å². The van der Waals surface area contributed by atoms with Gasteiger partial charge in [-0.1, -0.05) is 17.7 Å². The molecule has 0 aromatic heterocycles. The first-order valence-corrected chi connectivity index (χ1v) is 15.2. The lowest BCUT2D eigenvalue weighted by molar-refractivity contribution is -0.142. The molecule has 0 aliphatic carbocycles. The van der Waals surface area contributed by atoms with Gasteiger partial charge < -0.3 is 14.4 Å². The summed E-state index contributed by atoms with van der Waals surface area (Å²) in [6, 6.07) is 6.26. The van der Waals surface area contributed by atoms with E-state index in [-0.39, 0.29) is 47.0 Å². The average Bonchev–Trinajstić information content (AvgIpc) is 3.19.